The van der Waals surface area contributed by atoms with E-state index in [0.717, 1.165) is 24.3 Å². The fourth-order valence-electron chi connectivity index (χ4n) is 3.63. The minimum Gasteiger partial charge on any atom is -0.329 e. The number of nitrogens with two attached hydrogens (primary N) is 1. The molecule has 0 bridgehead atoms. The van der Waals surface area contributed by atoms with Gasteiger partial charge in [-0.05, 0) is 72.4 Å². The summed E-state index contributed by atoms with van der Waals surface area (Å²) in [5, 5.41) is 7.45. The molecule has 0 amide bonds. The number of hydrogen-bond acceptors (Lipinski definition) is 3. The van der Waals surface area contributed by atoms with Crippen molar-refractivity contribution in [3.63, 3.8) is 0 Å². The summed E-state index contributed by atoms with van der Waals surface area (Å²) in [5.74, 6) is 2.91. The molecule has 0 saturated heterocycles. The topological polar surface area (TPSA) is 38.0 Å². The van der Waals surface area contributed by atoms with E-state index in [-0.39, 0.29) is 0 Å². The zero-order chi connectivity index (χ0) is 14.2. The zero-order valence-electron chi connectivity index (χ0n) is 12.4. The van der Waals surface area contributed by atoms with Gasteiger partial charge in [0.05, 0.1) is 0 Å². The van der Waals surface area contributed by atoms with Crippen LogP contribution < -0.4 is 11.1 Å². The molecule has 1 aromatic carbocycles. The lowest BCUT2D eigenvalue weighted by Crippen LogP contribution is -2.33. The number of nitrogens with one attached hydrogen (secondary N) is 1. The van der Waals surface area contributed by atoms with E-state index in [9.17, 15) is 0 Å². The second kappa shape index (κ2) is 5.71. The first kappa shape index (κ1) is 13.7. The van der Waals surface area contributed by atoms with Crippen molar-refractivity contribution in [2.24, 2.45) is 23.5 Å². The molecule has 2 saturated carbocycles. The molecule has 2 nitrogen and oxygen atoms in total. The molecular formula is C18H24N2S. The Morgan fingerprint density at radius 1 is 1.14 bits per heavy atom. The van der Waals surface area contributed by atoms with Gasteiger partial charge >= 0.3 is 0 Å². The molecule has 1 aromatic heterocycles. The second-order valence-corrected chi connectivity index (χ2v) is 7.63. The summed E-state index contributed by atoms with van der Waals surface area (Å²) in [6, 6.07) is 8.98. The Labute approximate surface area is 130 Å². The SMILES string of the molecule is NCC(NCC(C1CC1)C1CC1)c1csc2ccccc12. The van der Waals surface area contributed by atoms with Gasteiger partial charge in [0.1, 0.15) is 0 Å². The van der Waals surface area contributed by atoms with Crippen LogP contribution >= 0.6 is 11.3 Å². The zero-order valence-corrected chi connectivity index (χ0v) is 13.2. The molecular weight excluding hydrogens is 276 g/mol. The van der Waals surface area contributed by atoms with E-state index in [4.69, 9.17) is 5.73 Å². The average molecular weight is 300 g/mol. The Balaban J connectivity index is 1.49. The first-order chi connectivity index (χ1) is 10.4. The first-order valence-electron chi connectivity index (χ1n) is 8.26. The third-order valence-corrected chi connectivity index (χ3v) is 6.16. The van der Waals surface area contributed by atoms with Crippen LogP contribution in [0, 0.1) is 17.8 Å². The Hall–Kier alpha value is -0.900. The lowest BCUT2D eigenvalue weighted by atomic mass is 9.96. The predicted molar refractivity (Wildman–Crippen MR) is 90.6 cm³/mol. The van der Waals surface area contributed by atoms with E-state index in [1.54, 1.807) is 0 Å². The van der Waals surface area contributed by atoms with Crippen LogP contribution in [0.25, 0.3) is 10.1 Å². The maximum Gasteiger partial charge on any atom is 0.0459 e. The van der Waals surface area contributed by atoms with Crippen molar-refractivity contribution in [2.75, 3.05) is 13.1 Å². The van der Waals surface area contributed by atoms with E-state index in [1.165, 1.54) is 41.3 Å². The van der Waals surface area contributed by atoms with Gasteiger partial charge in [0.15, 0.2) is 0 Å². The molecule has 21 heavy (non-hydrogen) atoms. The lowest BCUT2D eigenvalue weighted by Gasteiger charge is -2.22. The Morgan fingerprint density at radius 2 is 1.86 bits per heavy atom. The quantitative estimate of drug-likeness (QED) is 0.813. The van der Waals surface area contributed by atoms with E-state index >= 15 is 0 Å². The summed E-state index contributed by atoms with van der Waals surface area (Å²) in [4.78, 5) is 0. The van der Waals surface area contributed by atoms with Crippen LogP contribution in [0.15, 0.2) is 29.6 Å². The van der Waals surface area contributed by atoms with Gasteiger partial charge < -0.3 is 11.1 Å². The van der Waals surface area contributed by atoms with Crippen molar-refractivity contribution in [3.8, 4) is 0 Å². The summed E-state index contributed by atoms with van der Waals surface area (Å²) in [6.45, 7) is 1.84. The van der Waals surface area contributed by atoms with Crippen LogP contribution in [-0.2, 0) is 0 Å². The minimum absolute atomic E-state index is 0.307. The molecule has 4 rings (SSSR count). The molecule has 1 heterocycles. The summed E-state index contributed by atoms with van der Waals surface area (Å²) in [5.41, 5.74) is 7.46. The van der Waals surface area contributed by atoms with Gasteiger partial charge in [0.2, 0.25) is 0 Å². The molecule has 2 fully saturated rings. The third-order valence-electron chi connectivity index (χ3n) is 5.18. The van der Waals surface area contributed by atoms with E-state index in [0.29, 0.717) is 12.6 Å². The molecule has 3 heteroatoms. The van der Waals surface area contributed by atoms with Crippen LogP contribution in [0.4, 0.5) is 0 Å². The second-order valence-electron chi connectivity index (χ2n) is 6.72. The van der Waals surface area contributed by atoms with Crippen LogP contribution in [0.3, 0.4) is 0 Å². The van der Waals surface area contributed by atoms with Crippen LogP contribution in [-0.4, -0.2) is 13.1 Å². The highest BCUT2D eigenvalue weighted by Crippen LogP contribution is 2.49. The summed E-state index contributed by atoms with van der Waals surface area (Å²) in [7, 11) is 0. The highest BCUT2D eigenvalue weighted by Gasteiger charge is 2.41. The molecule has 2 aliphatic rings. The van der Waals surface area contributed by atoms with Crippen molar-refractivity contribution in [1.82, 2.24) is 5.32 Å². The van der Waals surface area contributed by atoms with Crippen molar-refractivity contribution in [2.45, 2.75) is 31.7 Å². The third kappa shape index (κ3) is 2.87. The van der Waals surface area contributed by atoms with Gasteiger partial charge in [0.25, 0.3) is 0 Å². The van der Waals surface area contributed by atoms with Gasteiger partial charge in [-0.25, -0.2) is 0 Å². The number of benzene rings is 1. The maximum absolute atomic E-state index is 6.07. The summed E-state index contributed by atoms with van der Waals surface area (Å²) >= 11 is 1.83. The minimum atomic E-state index is 0.307. The Kier molecular flexibility index (Phi) is 3.74. The normalized spacial score (nSPS) is 20.3. The van der Waals surface area contributed by atoms with E-state index in [2.05, 4.69) is 35.0 Å². The summed E-state index contributed by atoms with van der Waals surface area (Å²) in [6.07, 6.45) is 5.82. The van der Waals surface area contributed by atoms with Gasteiger partial charge in [-0.2, -0.15) is 0 Å². The van der Waals surface area contributed by atoms with Gasteiger partial charge in [-0.15, -0.1) is 11.3 Å². The Morgan fingerprint density at radius 3 is 2.52 bits per heavy atom. The molecule has 1 unspecified atom stereocenters. The summed E-state index contributed by atoms with van der Waals surface area (Å²) < 4.78 is 1.37. The largest absolute Gasteiger partial charge is 0.329 e. The molecule has 0 aliphatic heterocycles. The van der Waals surface area contributed by atoms with E-state index in [1.807, 2.05) is 11.3 Å². The van der Waals surface area contributed by atoms with Gasteiger partial charge in [-0.3, -0.25) is 0 Å². The van der Waals surface area contributed by atoms with Crippen molar-refractivity contribution in [3.05, 3.63) is 35.2 Å². The molecule has 0 radical (unpaired) electrons. The highest BCUT2D eigenvalue weighted by atomic mass is 32.1. The fourth-order valence-corrected chi connectivity index (χ4v) is 4.65. The number of hydrogen-bond donors (Lipinski definition) is 2. The molecule has 2 aromatic rings. The smallest absolute Gasteiger partial charge is 0.0459 e. The van der Waals surface area contributed by atoms with Crippen molar-refractivity contribution < 1.29 is 0 Å². The maximum atomic E-state index is 6.07. The molecule has 3 N–H and O–H groups in total. The van der Waals surface area contributed by atoms with Crippen LogP contribution in [0.1, 0.15) is 37.3 Å². The van der Waals surface area contributed by atoms with Crippen LogP contribution in [0.5, 0.6) is 0 Å². The number of fused-ring (bicyclic) bond motifs is 1. The van der Waals surface area contributed by atoms with Crippen molar-refractivity contribution >= 4 is 21.4 Å². The molecule has 1 atom stereocenters. The molecule has 0 spiro atoms. The van der Waals surface area contributed by atoms with Gasteiger partial charge in [-0.1, -0.05) is 18.2 Å². The molecule has 112 valence electrons. The highest BCUT2D eigenvalue weighted by molar-refractivity contribution is 7.17. The lowest BCUT2D eigenvalue weighted by molar-refractivity contribution is 0.358. The monoisotopic (exact) mass is 300 g/mol. The Bertz CT molecular complexity index is 600. The first-order valence-corrected chi connectivity index (χ1v) is 9.14. The van der Waals surface area contributed by atoms with Gasteiger partial charge in [0, 0.05) is 17.3 Å². The molecule has 2 aliphatic carbocycles. The van der Waals surface area contributed by atoms with Crippen molar-refractivity contribution in [1.29, 1.82) is 0 Å². The standard InChI is InChI=1S/C18H24N2S/c19-9-17(16-11-21-18-4-2-1-3-14(16)18)20-10-15(12-5-6-12)13-7-8-13/h1-4,11-13,15,17,20H,5-10,19H2. The van der Waals surface area contributed by atoms with Crippen LogP contribution in [0.2, 0.25) is 0 Å². The number of thiophene rings is 1. The van der Waals surface area contributed by atoms with E-state index < -0.39 is 0 Å². The fraction of sp³-hybridized carbons (Fsp3) is 0.556. The average Bonchev–Trinajstić information content (AvgIpc) is 3.43. The predicted octanol–water partition coefficient (Wildman–Crippen LogP) is 3.93. The number of rotatable bonds is 7.